The summed E-state index contributed by atoms with van der Waals surface area (Å²) < 4.78 is 2.27. The van der Waals surface area contributed by atoms with Crippen molar-refractivity contribution in [3.63, 3.8) is 0 Å². The van der Waals surface area contributed by atoms with E-state index in [9.17, 15) is 0 Å². The second kappa shape index (κ2) is 6.68. The topological polar surface area (TPSA) is 34.0 Å². The van der Waals surface area contributed by atoms with Gasteiger partial charge >= 0.3 is 0 Å². The fraction of sp³-hybridized carbons (Fsp3) is 0.619. The third-order valence-corrected chi connectivity index (χ3v) is 6.07. The van der Waals surface area contributed by atoms with E-state index in [4.69, 9.17) is 0 Å². The van der Waals surface area contributed by atoms with Crippen LogP contribution in [0.3, 0.4) is 0 Å². The maximum Gasteiger partial charge on any atom is 0.193 e. The van der Waals surface area contributed by atoms with Gasteiger partial charge in [-0.25, -0.2) is 0 Å². The highest BCUT2D eigenvalue weighted by Crippen LogP contribution is 2.35. The molecule has 0 saturated carbocycles. The first-order chi connectivity index (χ1) is 12.0. The number of aromatic nitrogens is 3. The molecule has 0 saturated heterocycles. The Labute approximate surface area is 162 Å². The lowest BCUT2D eigenvalue weighted by atomic mass is 9.79. The Hall–Kier alpha value is -1.33. The van der Waals surface area contributed by atoms with Gasteiger partial charge in [-0.3, -0.25) is 9.47 Å². The Kier molecular flexibility index (Phi) is 4.99. The third kappa shape index (κ3) is 3.84. The van der Waals surface area contributed by atoms with Gasteiger partial charge in [-0.05, 0) is 47.9 Å². The van der Waals surface area contributed by atoms with Gasteiger partial charge in [0.1, 0.15) is 0 Å². The van der Waals surface area contributed by atoms with Crippen molar-refractivity contribution in [2.75, 3.05) is 5.88 Å². The number of nitrogens with zero attached hydrogens (tertiary/aromatic N) is 4. The first-order valence-corrected chi connectivity index (χ1v) is 10.4. The lowest BCUT2D eigenvalue weighted by Crippen LogP contribution is -2.35. The Morgan fingerprint density at radius 1 is 0.923 bits per heavy atom. The quantitative estimate of drug-likeness (QED) is 0.719. The minimum Gasteiger partial charge on any atom is -0.288 e. The maximum absolute atomic E-state index is 4.57. The number of rotatable bonds is 2. The highest BCUT2D eigenvalue weighted by Gasteiger charge is 2.26. The monoisotopic (exact) mass is 372 g/mol. The molecule has 0 radical (unpaired) electrons. The molecule has 142 valence electrons. The van der Waals surface area contributed by atoms with E-state index in [-0.39, 0.29) is 10.8 Å². The Bertz CT molecular complexity index is 761. The van der Waals surface area contributed by atoms with E-state index in [0.717, 1.165) is 23.5 Å². The van der Waals surface area contributed by atoms with Crippen LogP contribution >= 0.6 is 11.8 Å². The van der Waals surface area contributed by atoms with Gasteiger partial charge in [0.25, 0.3) is 0 Å². The van der Waals surface area contributed by atoms with E-state index in [1.807, 2.05) is 0 Å². The molecule has 4 nitrogen and oxygen atoms in total. The van der Waals surface area contributed by atoms with Gasteiger partial charge in [0.05, 0.1) is 12.5 Å². The number of benzene rings is 1. The largest absolute Gasteiger partial charge is 0.288 e. The summed E-state index contributed by atoms with van der Waals surface area (Å²) in [7, 11) is 0. The van der Waals surface area contributed by atoms with Crippen molar-refractivity contribution in [3.8, 4) is 11.4 Å². The Morgan fingerprint density at radius 2 is 1.50 bits per heavy atom. The van der Waals surface area contributed by atoms with Crippen molar-refractivity contribution < 1.29 is 0 Å². The van der Waals surface area contributed by atoms with Crippen molar-refractivity contribution >= 4 is 11.8 Å². The second-order valence-electron chi connectivity index (χ2n) is 9.63. The molecule has 0 amide bonds. The van der Waals surface area contributed by atoms with E-state index in [0.29, 0.717) is 6.04 Å². The molecule has 1 aliphatic heterocycles. The average molecular weight is 373 g/mol. The van der Waals surface area contributed by atoms with Gasteiger partial charge in [0.15, 0.2) is 11.0 Å². The lowest BCUT2D eigenvalue weighted by Gasteiger charge is -2.31. The molecule has 26 heavy (non-hydrogen) atoms. The zero-order valence-corrected chi connectivity index (χ0v) is 18.2. The smallest absolute Gasteiger partial charge is 0.193 e. The molecule has 2 heterocycles. The number of hydrogen-bond donors (Lipinski definition) is 0. The molecule has 3 rings (SSSR count). The Morgan fingerprint density at radius 3 is 2.00 bits per heavy atom. The van der Waals surface area contributed by atoms with E-state index >= 15 is 0 Å². The predicted molar refractivity (Wildman–Crippen MR) is 111 cm³/mol. The minimum atomic E-state index is 0.0967. The van der Waals surface area contributed by atoms with Crippen molar-refractivity contribution in [1.82, 2.24) is 19.7 Å². The standard InChI is InChI=1S/C21H32N4S/c1-14(2)24-12-25-18(22-23-19(25)26-13-24)15-9-16(20(3,4)5)11-17(10-15)21(6,7)8/h9-11,14H,12-13H2,1-8H3. The molecule has 2 aromatic rings. The van der Waals surface area contributed by atoms with Crippen LogP contribution in [0.2, 0.25) is 0 Å². The molecule has 1 aliphatic rings. The van der Waals surface area contributed by atoms with Crippen LogP contribution in [0, 0.1) is 0 Å². The van der Waals surface area contributed by atoms with Crippen LogP contribution < -0.4 is 0 Å². The van der Waals surface area contributed by atoms with Crippen LogP contribution in [-0.2, 0) is 17.5 Å². The molecular weight excluding hydrogens is 340 g/mol. The summed E-state index contributed by atoms with van der Waals surface area (Å²) >= 11 is 1.78. The van der Waals surface area contributed by atoms with Crippen LogP contribution in [0.15, 0.2) is 23.4 Å². The van der Waals surface area contributed by atoms with Crippen LogP contribution in [0.4, 0.5) is 0 Å². The number of fused-ring (bicyclic) bond motifs is 1. The zero-order chi connectivity index (χ0) is 19.3. The van der Waals surface area contributed by atoms with Gasteiger partial charge in [0, 0.05) is 11.6 Å². The molecule has 5 heteroatoms. The highest BCUT2D eigenvalue weighted by molar-refractivity contribution is 7.99. The van der Waals surface area contributed by atoms with Gasteiger partial charge in [-0.1, -0.05) is 59.4 Å². The molecular formula is C21H32N4S. The molecule has 0 spiro atoms. The van der Waals surface area contributed by atoms with Crippen LogP contribution in [0.1, 0.15) is 66.5 Å². The lowest BCUT2D eigenvalue weighted by molar-refractivity contribution is 0.193. The summed E-state index contributed by atoms with van der Waals surface area (Å²) in [6.07, 6.45) is 0. The van der Waals surface area contributed by atoms with Gasteiger partial charge in [-0.15, -0.1) is 10.2 Å². The third-order valence-electron chi connectivity index (χ3n) is 5.05. The van der Waals surface area contributed by atoms with Gasteiger partial charge < -0.3 is 0 Å². The molecule has 1 aromatic carbocycles. The average Bonchev–Trinajstić information content (AvgIpc) is 2.95. The molecule has 0 bridgehead atoms. The Balaban J connectivity index is 2.12. The summed E-state index contributed by atoms with van der Waals surface area (Å²) in [6, 6.07) is 7.46. The van der Waals surface area contributed by atoms with E-state index < -0.39 is 0 Å². The first kappa shape index (κ1) is 19.4. The normalized spacial score (nSPS) is 16.2. The second-order valence-corrected chi connectivity index (χ2v) is 10.5. The summed E-state index contributed by atoms with van der Waals surface area (Å²) in [5.74, 6) is 1.96. The van der Waals surface area contributed by atoms with Crippen LogP contribution in [-0.4, -0.2) is 31.6 Å². The minimum absolute atomic E-state index is 0.0967. The SMILES string of the molecule is CC(C)N1CSc2nnc(-c3cc(C(C)(C)C)cc(C(C)(C)C)c3)n2C1. The molecule has 0 aliphatic carbocycles. The van der Waals surface area contributed by atoms with Crippen molar-refractivity contribution in [2.24, 2.45) is 0 Å². The van der Waals surface area contributed by atoms with Crippen LogP contribution in [0.25, 0.3) is 11.4 Å². The fourth-order valence-corrected chi connectivity index (χ4v) is 4.09. The van der Waals surface area contributed by atoms with E-state index in [1.165, 1.54) is 16.7 Å². The summed E-state index contributed by atoms with van der Waals surface area (Å²) in [5, 5.41) is 10.1. The first-order valence-electron chi connectivity index (χ1n) is 9.43. The molecule has 0 atom stereocenters. The van der Waals surface area contributed by atoms with E-state index in [1.54, 1.807) is 11.8 Å². The van der Waals surface area contributed by atoms with Crippen molar-refractivity contribution in [2.45, 2.75) is 84.1 Å². The van der Waals surface area contributed by atoms with Crippen molar-refractivity contribution in [3.05, 3.63) is 29.3 Å². The van der Waals surface area contributed by atoms with Crippen LogP contribution in [0.5, 0.6) is 0 Å². The highest BCUT2D eigenvalue weighted by atomic mass is 32.2. The van der Waals surface area contributed by atoms with E-state index in [2.05, 4.69) is 93.3 Å². The summed E-state index contributed by atoms with van der Waals surface area (Å²) in [6.45, 7) is 19.0. The molecule has 0 N–H and O–H groups in total. The molecule has 0 fully saturated rings. The number of thioether (sulfide) groups is 1. The summed E-state index contributed by atoms with van der Waals surface area (Å²) in [4.78, 5) is 2.45. The fourth-order valence-electron chi connectivity index (χ4n) is 3.03. The van der Waals surface area contributed by atoms with Gasteiger partial charge in [-0.2, -0.15) is 0 Å². The summed E-state index contributed by atoms with van der Waals surface area (Å²) in [5.41, 5.74) is 4.06. The van der Waals surface area contributed by atoms with Gasteiger partial charge in [0.2, 0.25) is 0 Å². The molecule has 0 unspecified atom stereocenters. The zero-order valence-electron chi connectivity index (χ0n) is 17.4. The van der Waals surface area contributed by atoms with Crippen molar-refractivity contribution in [1.29, 1.82) is 0 Å². The molecule has 1 aromatic heterocycles. The number of hydrogen-bond acceptors (Lipinski definition) is 4. The maximum atomic E-state index is 4.57. The predicted octanol–water partition coefficient (Wildman–Crippen LogP) is 5.27.